The number of hydrogen-bond acceptors (Lipinski definition) is 3. The van der Waals surface area contributed by atoms with Crippen molar-refractivity contribution in [3.8, 4) is 0 Å². The van der Waals surface area contributed by atoms with Crippen LogP contribution in [0, 0.1) is 22.7 Å². The summed E-state index contributed by atoms with van der Waals surface area (Å²) in [5, 5.41) is 0. The van der Waals surface area contributed by atoms with Crippen molar-refractivity contribution in [3.05, 3.63) is 0 Å². The van der Waals surface area contributed by atoms with E-state index in [2.05, 4.69) is 20.8 Å². The van der Waals surface area contributed by atoms with Crippen molar-refractivity contribution in [1.29, 1.82) is 0 Å². The van der Waals surface area contributed by atoms with Gasteiger partial charge in [-0.15, -0.1) is 0 Å². The summed E-state index contributed by atoms with van der Waals surface area (Å²) < 4.78 is 5.54. The zero-order valence-corrected chi connectivity index (χ0v) is 13.3. The zero-order valence-electron chi connectivity index (χ0n) is 13.3. The number of carbonyl (C=O) groups excluding carboxylic acids is 2. The van der Waals surface area contributed by atoms with Gasteiger partial charge in [-0.2, -0.15) is 0 Å². The van der Waals surface area contributed by atoms with Crippen molar-refractivity contribution < 1.29 is 14.3 Å². The lowest BCUT2D eigenvalue weighted by molar-refractivity contribution is -0.170. The van der Waals surface area contributed by atoms with Gasteiger partial charge in [-0.05, 0) is 42.4 Å². The molecule has 0 N–H and O–H groups in total. The quantitative estimate of drug-likeness (QED) is 0.584. The molecule has 2 aliphatic carbocycles. The Hall–Kier alpha value is -0.860. The Morgan fingerprint density at radius 1 is 1.25 bits per heavy atom. The fraction of sp³-hybridized carbons (Fsp3) is 0.882. The molecule has 0 bridgehead atoms. The second kappa shape index (κ2) is 5.50. The molecule has 3 heteroatoms. The first-order valence-electron chi connectivity index (χ1n) is 7.92. The third kappa shape index (κ3) is 2.64. The van der Waals surface area contributed by atoms with Crippen LogP contribution in [0.5, 0.6) is 0 Å². The molecule has 2 fully saturated rings. The lowest BCUT2D eigenvalue weighted by Crippen LogP contribution is -2.54. The third-order valence-electron chi connectivity index (χ3n) is 5.98. The largest absolute Gasteiger partial charge is 0.462 e. The predicted octanol–water partition coefficient (Wildman–Crippen LogP) is 3.75. The number of ether oxygens (including phenoxy) is 1. The van der Waals surface area contributed by atoms with Crippen LogP contribution in [0.2, 0.25) is 0 Å². The molecule has 114 valence electrons. The van der Waals surface area contributed by atoms with Crippen LogP contribution in [0.25, 0.3) is 0 Å². The SMILES string of the molecule is CC(=O)OC1CCC2C(C)(C)CCCC2(C)C1CC=O. The van der Waals surface area contributed by atoms with E-state index in [0.717, 1.165) is 25.5 Å². The predicted molar refractivity (Wildman–Crippen MR) is 78.2 cm³/mol. The van der Waals surface area contributed by atoms with Crippen molar-refractivity contribution >= 4 is 12.3 Å². The van der Waals surface area contributed by atoms with Gasteiger partial charge in [0.05, 0.1) is 0 Å². The van der Waals surface area contributed by atoms with E-state index in [-0.39, 0.29) is 23.4 Å². The first-order chi connectivity index (χ1) is 9.31. The molecule has 0 aromatic rings. The molecule has 3 nitrogen and oxygen atoms in total. The van der Waals surface area contributed by atoms with Crippen molar-refractivity contribution in [2.24, 2.45) is 22.7 Å². The summed E-state index contributed by atoms with van der Waals surface area (Å²) in [5.74, 6) is 0.589. The molecule has 0 aromatic heterocycles. The number of aldehydes is 1. The van der Waals surface area contributed by atoms with Crippen molar-refractivity contribution in [3.63, 3.8) is 0 Å². The van der Waals surface area contributed by atoms with Crippen LogP contribution >= 0.6 is 0 Å². The minimum atomic E-state index is -0.219. The molecule has 0 aliphatic heterocycles. The molecule has 2 aliphatic rings. The van der Waals surface area contributed by atoms with E-state index in [9.17, 15) is 9.59 Å². The second-order valence-corrected chi connectivity index (χ2v) is 7.63. The summed E-state index contributed by atoms with van der Waals surface area (Å²) in [5.41, 5.74) is 0.455. The molecule has 0 spiro atoms. The lowest BCUT2D eigenvalue weighted by Gasteiger charge is -2.58. The maximum atomic E-state index is 11.3. The highest BCUT2D eigenvalue weighted by atomic mass is 16.5. The molecule has 2 saturated carbocycles. The van der Waals surface area contributed by atoms with E-state index in [0.29, 0.717) is 17.8 Å². The van der Waals surface area contributed by atoms with Crippen molar-refractivity contribution in [2.75, 3.05) is 0 Å². The van der Waals surface area contributed by atoms with Gasteiger partial charge >= 0.3 is 5.97 Å². The average molecular weight is 280 g/mol. The molecule has 2 rings (SSSR count). The van der Waals surface area contributed by atoms with Gasteiger partial charge in [0.2, 0.25) is 0 Å². The Bertz CT molecular complexity index is 388. The lowest BCUT2D eigenvalue weighted by atomic mass is 9.47. The molecule has 4 atom stereocenters. The summed E-state index contributed by atoms with van der Waals surface area (Å²) in [6.07, 6.45) is 7.09. The topological polar surface area (TPSA) is 43.4 Å². The summed E-state index contributed by atoms with van der Waals surface area (Å²) >= 11 is 0. The van der Waals surface area contributed by atoms with Crippen molar-refractivity contribution in [2.45, 2.75) is 72.3 Å². The van der Waals surface area contributed by atoms with Crippen LogP contribution in [-0.4, -0.2) is 18.4 Å². The van der Waals surface area contributed by atoms with Crippen LogP contribution in [0.1, 0.15) is 66.2 Å². The van der Waals surface area contributed by atoms with Gasteiger partial charge in [-0.1, -0.05) is 27.2 Å². The normalized spacial score (nSPS) is 39.7. The monoisotopic (exact) mass is 280 g/mol. The molecule has 0 saturated heterocycles. The maximum absolute atomic E-state index is 11.3. The van der Waals surface area contributed by atoms with Crippen LogP contribution < -0.4 is 0 Å². The van der Waals surface area contributed by atoms with E-state index < -0.39 is 0 Å². The van der Waals surface area contributed by atoms with Crippen LogP contribution in [-0.2, 0) is 14.3 Å². The van der Waals surface area contributed by atoms with E-state index in [1.807, 2.05) is 0 Å². The first kappa shape index (κ1) is 15.5. The molecule has 0 amide bonds. The standard InChI is InChI=1S/C17H28O3/c1-12(19)20-14-6-7-15-16(2,3)9-5-10-17(15,4)13(14)8-11-18/h11,13-15H,5-10H2,1-4H3. The smallest absolute Gasteiger partial charge is 0.302 e. The number of carbonyl (C=O) groups is 2. The minimum Gasteiger partial charge on any atom is -0.462 e. The van der Waals surface area contributed by atoms with Crippen LogP contribution in [0.4, 0.5) is 0 Å². The van der Waals surface area contributed by atoms with Gasteiger partial charge < -0.3 is 9.53 Å². The van der Waals surface area contributed by atoms with Crippen LogP contribution in [0.15, 0.2) is 0 Å². The number of fused-ring (bicyclic) bond motifs is 1. The molecule has 0 heterocycles. The third-order valence-corrected chi connectivity index (χ3v) is 5.98. The number of esters is 1. The minimum absolute atomic E-state index is 0.0761. The number of rotatable bonds is 3. The van der Waals surface area contributed by atoms with Gasteiger partial charge in [0.25, 0.3) is 0 Å². The molecule has 0 aromatic carbocycles. The molecule has 0 radical (unpaired) electrons. The van der Waals surface area contributed by atoms with E-state index in [4.69, 9.17) is 4.74 Å². The maximum Gasteiger partial charge on any atom is 0.302 e. The summed E-state index contributed by atoms with van der Waals surface area (Å²) in [4.78, 5) is 22.5. The fourth-order valence-corrected chi connectivity index (χ4v) is 5.17. The molecular weight excluding hydrogens is 252 g/mol. The van der Waals surface area contributed by atoms with Crippen molar-refractivity contribution in [1.82, 2.24) is 0 Å². The molecule has 20 heavy (non-hydrogen) atoms. The highest BCUT2D eigenvalue weighted by Crippen LogP contribution is 2.60. The molecule has 4 unspecified atom stereocenters. The van der Waals surface area contributed by atoms with Gasteiger partial charge in [-0.3, -0.25) is 4.79 Å². The fourth-order valence-electron chi connectivity index (χ4n) is 5.17. The van der Waals surface area contributed by atoms with Gasteiger partial charge in [0.15, 0.2) is 0 Å². The zero-order chi connectivity index (χ0) is 15.0. The van der Waals surface area contributed by atoms with E-state index in [1.165, 1.54) is 19.8 Å². The van der Waals surface area contributed by atoms with E-state index in [1.54, 1.807) is 0 Å². The highest BCUT2D eigenvalue weighted by molar-refractivity contribution is 5.66. The second-order valence-electron chi connectivity index (χ2n) is 7.63. The van der Waals surface area contributed by atoms with Gasteiger partial charge in [0, 0.05) is 19.3 Å². The Kier molecular flexibility index (Phi) is 4.27. The summed E-state index contributed by atoms with van der Waals surface area (Å²) in [6.45, 7) is 8.51. The average Bonchev–Trinajstić information content (AvgIpc) is 2.31. The Balaban J connectivity index is 2.30. The van der Waals surface area contributed by atoms with E-state index >= 15 is 0 Å². The van der Waals surface area contributed by atoms with Gasteiger partial charge in [0.1, 0.15) is 12.4 Å². The molecular formula is C17H28O3. The van der Waals surface area contributed by atoms with Gasteiger partial charge in [-0.25, -0.2) is 0 Å². The Labute approximate surface area is 122 Å². The summed E-state index contributed by atoms with van der Waals surface area (Å²) in [7, 11) is 0. The Morgan fingerprint density at radius 3 is 2.55 bits per heavy atom. The Morgan fingerprint density at radius 2 is 1.95 bits per heavy atom. The number of hydrogen-bond donors (Lipinski definition) is 0. The summed E-state index contributed by atoms with van der Waals surface area (Å²) in [6, 6.07) is 0. The first-order valence-corrected chi connectivity index (χ1v) is 7.92. The van der Waals surface area contributed by atoms with Crippen LogP contribution in [0.3, 0.4) is 0 Å². The highest BCUT2D eigenvalue weighted by Gasteiger charge is 2.55.